The zero-order valence-electron chi connectivity index (χ0n) is 12.7. The van der Waals surface area contributed by atoms with Gasteiger partial charge in [0.15, 0.2) is 5.01 Å². The molecule has 0 spiro atoms. The van der Waals surface area contributed by atoms with Crippen LogP contribution in [0.5, 0.6) is 0 Å². The summed E-state index contributed by atoms with van der Waals surface area (Å²) >= 11 is 1.23. The molecule has 2 aromatic carbocycles. The van der Waals surface area contributed by atoms with Crippen LogP contribution >= 0.6 is 11.3 Å². The van der Waals surface area contributed by atoms with Crippen LogP contribution < -0.4 is 5.32 Å². The number of carbonyl (C=O) groups is 1. The van der Waals surface area contributed by atoms with Crippen LogP contribution in [0.15, 0.2) is 48.5 Å². The van der Waals surface area contributed by atoms with Crippen LogP contribution in [0.2, 0.25) is 0 Å². The summed E-state index contributed by atoms with van der Waals surface area (Å²) in [4.78, 5) is 16.3. The Morgan fingerprint density at radius 2 is 1.84 bits per heavy atom. The topological polar surface area (TPSA) is 62.2 Å². The first-order valence-electron chi connectivity index (χ1n) is 7.33. The number of hydrogen-bond acceptors (Lipinski definition) is 4. The Bertz CT molecular complexity index is 858. The highest BCUT2D eigenvalue weighted by Gasteiger charge is 2.30. The van der Waals surface area contributed by atoms with Gasteiger partial charge in [-0.25, -0.2) is 4.98 Å². The fourth-order valence-electron chi connectivity index (χ4n) is 2.25. The van der Waals surface area contributed by atoms with E-state index in [4.69, 9.17) is 0 Å². The summed E-state index contributed by atoms with van der Waals surface area (Å²) < 4.78 is 38.4. The Balaban J connectivity index is 1.63. The van der Waals surface area contributed by atoms with Gasteiger partial charge in [-0.3, -0.25) is 4.79 Å². The van der Waals surface area contributed by atoms with Gasteiger partial charge in [0, 0.05) is 6.54 Å². The van der Waals surface area contributed by atoms with E-state index in [1.165, 1.54) is 23.5 Å². The van der Waals surface area contributed by atoms with E-state index in [2.05, 4.69) is 10.3 Å². The minimum atomic E-state index is -4.43. The Morgan fingerprint density at radius 3 is 2.48 bits per heavy atom. The van der Waals surface area contributed by atoms with E-state index < -0.39 is 23.8 Å². The summed E-state index contributed by atoms with van der Waals surface area (Å²) in [5.41, 5.74) is 0.209. The summed E-state index contributed by atoms with van der Waals surface area (Å²) in [5, 5.41) is 12.8. The van der Waals surface area contributed by atoms with Gasteiger partial charge in [-0.1, -0.05) is 24.3 Å². The maximum Gasteiger partial charge on any atom is 0.416 e. The highest BCUT2D eigenvalue weighted by Crippen LogP contribution is 2.30. The van der Waals surface area contributed by atoms with Gasteiger partial charge < -0.3 is 10.4 Å². The van der Waals surface area contributed by atoms with E-state index in [0.717, 1.165) is 16.8 Å². The van der Waals surface area contributed by atoms with Gasteiger partial charge in [0.05, 0.1) is 21.9 Å². The van der Waals surface area contributed by atoms with Crippen molar-refractivity contribution in [3.63, 3.8) is 0 Å². The zero-order valence-corrected chi connectivity index (χ0v) is 13.6. The fourth-order valence-corrected chi connectivity index (χ4v) is 3.13. The van der Waals surface area contributed by atoms with Crippen molar-refractivity contribution < 1.29 is 23.1 Å². The summed E-state index contributed by atoms with van der Waals surface area (Å²) in [6.45, 7) is -0.125. The molecule has 0 aliphatic heterocycles. The lowest BCUT2D eigenvalue weighted by Gasteiger charge is -2.13. The van der Waals surface area contributed by atoms with E-state index in [-0.39, 0.29) is 17.1 Å². The maximum absolute atomic E-state index is 12.5. The largest absolute Gasteiger partial charge is 0.416 e. The molecule has 0 aliphatic carbocycles. The molecule has 0 unspecified atom stereocenters. The standard InChI is InChI=1S/C17H13F3N2O2S/c18-17(19,20)11-7-5-10(6-8-11)13(23)9-21-15(24)16-22-12-3-1-2-4-14(12)25-16/h1-8,13,23H,9H2,(H,21,24)/t13-/m0/s1. The van der Waals surface area contributed by atoms with Crippen molar-refractivity contribution in [2.75, 3.05) is 6.54 Å². The SMILES string of the molecule is O=C(NC[C@H](O)c1ccc(C(F)(F)F)cc1)c1nc2ccccc2s1. The number of amides is 1. The molecule has 8 heteroatoms. The lowest BCUT2D eigenvalue weighted by atomic mass is 10.1. The molecule has 3 rings (SSSR count). The van der Waals surface area contributed by atoms with Gasteiger partial charge in [0.1, 0.15) is 0 Å². The smallest absolute Gasteiger partial charge is 0.387 e. The number of nitrogens with zero attached hydrogens (tertiary/aromatic N) is 1. The molecule has 0 fully saturated rings. The third-order valence-corrected chi connectivity index (χ3v) is 4.60. The van der Waals surface area contributed by atoms with Crippen LogP contribution in [-0.4, -0.2) is 22.5 Å². The molecule has 1 aromatic heterocycles. The van der Waals surface area contributed by atoms with E-state index in [1.54, 1.807) is 6.07 Å². The molecule has 0 saturated carbocycles. The highest BCUT2D eigenvalue weighted by atomic mass is 32.1. The van der Waals surface area contributed by atoms with Crippen LogP contribution in [0.4, 0.5) is 13.2 Å². The van der Waals surface area contributed by atoms with E-state index >= 15 is 0 Å². The molecular formula is C17H13F3N2O2S. The van der Waals surface area contributed by atoms with Crippen LogP contribution in [0.1, 0.15) is 27.0 Å². The van der Waals surface area contributed by atoms with Crippen LogP contribution in [0, 0.1) is 0 Å². The second-order valence-electron chi connectivity index (χ2n) is 5.33. The molecule has 1 heterocycles. The van der Waals surface area contributed by atoms with Crippen molar-refractivity contribution in [1.82, 2.24) is 10.3 Å². The lowest BCUT2D eigenvalue weighted by Crippen LogP contribution is -2.28. The zero-order chi connectivity index (χ0) is 18.0. The first-order chi connectivity index (χ1) is 11.8. The number of nitrogens with one attached hydrogen (secondary N) is 1. The number of benzene rings is 2. The second kappa shape index (κ2) is 6.81. The number of carbonyl (C=O) groups excluding carboxylic acids is 1. The monoisotopic (exact) mass is 366 g/mol. The predicted molar refractivity (Wildman–Crippen MR) is 88.4 cm³/mol. The normalized spacial score (nSPS) is 13.0. The molecule has 0 aliphatic rings. The molecule has 130 valence electrons. The van der Waals surface area contributed by atoms with Crippen molar-refractivity contribution >= 4 is 27.5 Å². The molecule has 0 bridgehead atoms. The number of aliphatic hydroxyl groups excluding tert-OH is 1. The van der Waals surface area contributed by atoms with Gasteiger partial charge in [-0.05, 0) is 29.8 Å². The van der Waals surface area contributed by atoms with E-state index in [0.29, 0.717) is 5.52 Å². The third kappa shape index (κ3) is 3.97. The van der Waals surface area contributed by atoms with Gasteiger partial charge in [0.2, 0.25) is 0 Å². The molecule has 0 saturated heterocycles. The Morgan fingerprint density at radius 1 is 1.16 bits per heavy atom. The first-order valence-corrected chi connectivity index (χ1v) is 8.15. The van der Waals surface area contributed by atoms with Gasteiger partial charge in [-0.2, -0.15) is 13.2 Å². The average molecular weight is 366 g/mol. The summed E-state index contributed by atoms with van der Waals surface area (Å²) in [7, 11) is 0. The van der Waals surface area contributed by atoms with Crippen LogP contribution in [0.3, 0.4) is 0 Å². The van der Waals surface area contributed by atoms with Gasteiger partial charge in [0.25, 0.3) is 5.91 Å². The first kappa shape index (κ1) is 17.4. The minimum Gasteiger partial charge on any atom is -0.387 e. The van der Waals surface area contributed by atoms with Gasteiger partial charge >= 0.3 is 6.18 Å². The quantitative estimate of drug-likeness (QED) is 0.739. The number of halogens is 3. The molecule has 2 N–H and O–H groups in total. The Kier molecular flexibility index (Phi) is 4.73. The minimum absolute atomic E-state index is 0.125. The third-order valence-electron chi connectivity index (χ3n) is 3.57. The van der Waals surface area contributed by atoms with Crippen molar-refractivity contribution in [1.29, 1.82) is 0 Å². The number of fused-ring (bicyclic) bond motifs is 1. The molecule has 1 amide bonds. The molecule has 1 atom stereocenters. The second-order valence-corrected chi connectivity index (χ2v) is 6.36. The number of hydrogen-bond donors (Lipinski definition) is 2. The molecule has 4 nitrogen and oxygen atoms in total. The summed E-state index contributed by atoms with van der Waals surface area (Å²) in [5.74, 6) is -0.438. The Labute approximate surface area is 144 Å². The predicted octanol–water partition coefficient (Wildman–Crippen LogP) is 3.78. The molecule has 3 aromatic rings. The van der Waals surface area contributed by atoms with Crippen LogP contribution in [0.25, 0.3) is 10.2 Å². The molecule has 0 radical (unpaired) electrons. The Hall–Kier alpha value is -2.45. The molecule has 25 heavy (non-hydrogen) atoms. The van der Waals surface area contributed by atoms with Crippen molar-refractivity contribution in [3.8, 4) is 0 Å². The fraction of sp³-hybridized carbons (Fsp3) is 0.176. The number of aliphatic hydroxyl groups is 1. The highest BCUT2D eigenvalue weighted by molar-refractivity contribution is 7.20. The van der Waals surface area contributed by atoms with Crippen LogP contribution in [-0.2, 0) is 6.18 Å². The molecular weight excluding hydrogens is 353 g/mol. The van der Waals surface area contributed by atoms with Gasteiger partial charge in [-0.15, -0.1) is 11.3 Å². The lowest BCUT2D eigenvalue weighted by molar-refractivity contribution is -0.137. The summed E-state index contributed by atoms with van der Waals surface area (Å²) in [6, 6.07) is 11.5. The van der Waals surface area contributed by atoms with Crippen molar-refractivity contribution in [2.45, 2.75) is 12.3 Å². The number of rotatable bonds is 4. The number of para-hydroxylation sites is 1. The average Bonchev–Trinajstić information content (AvgIpc) is 3.03. The number of thiazole rings is 1. The van der Waals surface area contributed by atoms with E-state index in [9.17, 15) is 23.1 Å². The van der Waals surface area contributed by atoms with E-state index in [1.807, 2.05) is 18.2 Å². The maximum atomic E-state index is 12.5. The van der Waals surface area contributed by atoms with Crippen molar-refractivity contribution in [2.24, 2.45) is 0 Å². The number of aromatic nitrogens is 1. The van der Waals surface area contributed by atoms with Crippen molar-refractivity contribution in [3.05, 3.63) is 64.7 Å². The summed E-state index contributed by atoms with van der Waals surface area (Å²) in [6.07, 6.45) is -5.54. The number of alkyl halides is 3.